The molecule has 1 aliphatic heterocycles. The zero-order valence-electron chi connectivity index (χ0n) is 12.3. The summed E-state index contributed by atoms with van der Waals surface area (Å²) in [6, 6.07) is 4.62. The normalized spacial score (nSPS) is 16.0. The van der Waals surface area contributed by atoms with Gasteiger partial charge in [0.1, 0.15) is 11.5 Å². The Kier molecular flexibility index (Phi) is 4.39. The second kappa shape index (κ2) is 6.31. The summed E-state index contributed by atoms with van der Waals surface area (Å²) in [4.78, 5) is 27.9. The summed E-state index contributed by atoms with van der Waals surface area (Å²) < 4.78 is 14.5. The van der Waals surface area contributed by atoms with Gasteiger partial charge in [-0.25, -0.2) is 4.39 Å². The van der Waals surface area contributed by atoms with E-state index in [1.807, 2.05) is 0 Å². The van der Waals surface area contributed by atoms with E-state index >= 15 is 0 Å². The summed E-state index contributed by atoms with van der Waals surface area (Å²) in [5, 5.41) is 9.21. The monoisotopic (exact) mass is 382 g/mol. The van der Waals surface area contributed by atoms with Gasteiger partial charge in [-0.1, -0.05) is 15.9 Å². The standard InChI is InChI=1S/C16H16BrFN2O3/c17-10-6-12(18)11-8-14(19-13(11)7-10)16(23)20-3-1-9(2-4-20)5-15(21)22/h6-9,19H,1-5H2,(H,21,22). The van der Waals surface area contributed by atoms with Crippen molar-refractivity contribution in [2.75, 3.05) is 13.1 Å². The van der Waals surface area contributed by atoms with Crippen LogP contribution in [0.3, 0.4) is 0 Å². The summed E-state index contributed by atoms with van der Waals surface area (Å²) in [5.74, 6) is -1.24. The number of piperidine rings is 1. The third-order valence-electron chi connectivity index (χ3n) is 4.25. The van der Waals surface area contributed by atoms with Crippen LogP contribution in [-0.4, -0.2) is 40.0 Å². The first kappa shape index (κ1) is 16.0. The molecular formula is C16H16BrFN2O3. The van der Waals surface area contributed by atoms with Crippen molar-refractivity contribution < 1.29 is 19.1 Å². The molecule has 1 saturated heterocycles. The predicted octanol–water partition coefficient (Wildman–Crippen LogP) is 3.40. The second-order valence-corrected chi connectivity index (χ2v) is 6.78. The SMILES string of the molecule is O=C(O)CC1CCN(C(=O)c2cc3c(F)cc(Br)cc3[nH]2)CC1. The molecule has 0 bridgehead atoms. The van der Waals surface area contributed by atoms with Crippen molar-refractivity contribution in [1.29, 1.82) is 0 Å². The van der Waals surface area contributed by atoms with Crippen LogP contribution in [0.15, 0.2) is 22.7 Å². The average molecular weight is 383 g/mol. The zero-order chi connectivity index (χ0) is 16.6. The van der Waals surface area contributed by atoms with E-state index in [4.69, 9.17) is 5.11 Å². The maximum absolute atomic E-state index is 13.9. The van der Waals surface area contributed by atoms with E-state index in [2.05, 4.69) is 20.9 Å². The van der Waals surface area contributed by atoms with Crippen LogP contribution >= 0.6 is 15.9 Å². The van der Waals surface area contributed by atoms with Crippen LogP contribution < -0.4 is 0 Å². The first-order valence-electron chi connectivity index (χ1n) is 7.43. The van der Waals surface area contributed by atoms with Crippen molar-refractivity contribution in [1.82, 2.24) is 9.88 Å². The fourth-order valence-corrected chi connectivity index (χ4v) is 3.46. The number of carbonyl (C=O) groups is 2. The highest BCUT2D eigenvalue weighted by Gasteiger charge is 2.26. The lowest BCUT2D eigenvalue weighted by Gasteiger charge is -2.31. The summed E-state index contributed by atoms with van der Waals surface area (Å²) in [6.45, 7) is 1.05. The first-order chi connectivity index (χ1) is 10.9. The number of H-pyrrole nitrogens is 1. The number of benzene rings is 1. The molecule has 7 heteroatoms. The minimum Gasteiger partial charge on any atom is -0.481 e. The largest absolute Gasteiger partial charge is 0.481 e. The van der Waals surface area contributed by atoms with Crippen molar-refractivity contribution >= 4 is 38.7 Å². The van der Waals surface area contributed by atoms with Crippen molar-refractivity contribution in [3.8, 4) is 0 Å². The van der Waals surface area contributed by atoms with Crippen LogP contribution in [0, 0.1) is 11.7 Å². The number of likely N-dealkylation sites (tertiary alicyclic amines) is 1. The molecule has 0 unspecified atom stereocenters. The van der Waals surface area contributed by atoms with Crippen molar-refractivity contribution in [3.05, 3.63) is 34.2 Å². The Bertz CT molecular complexity index is 766. The quantitative estimate of drug-likeness (QED) is 0.854. The van der Waals surface area contributed by atoms with Crippen LogP contribution in [0.1, 0.15) is 29.8 Å². The lowest BCUT2D eigenvalue weighted by Crippen LogP contribution is -2.39. The van der Waals surface area contributed by atoms with E-state index < -0.39 is 5.97 Å². The van der Waals surface area contributed by atoms with Gasteiger partial charge in [-0.2, -0.15) is 0 Å². The Morgan fingerprint density at radius 3 is 2.65 bits per heavy atom. The minimum absolute atomic E-state index is 0.118. The third kappa shape index (κ3) is 3.39. The number of aromatic amines is 1. The van der Waals surface area contributed by atoms with Crippen molar-refractivity contribution in [2.45, 2.75) is 19.3 Å². The number of fused-ring (bicyclic) bond motifs is 1. The summed E-state index contributed by atoms with van der Waals surface area (Å²) in [7, 11) is 0. The highest BCUT2D eigenvalue weighted by Crippen LogP contribution is 2.26. The Labute approximate surface area is 140 Å². The molecule has 0 aliphatic carbocycles. The van der Waals surface area contributed by atoms with Crippen LogP contribution in [0.2, 0.25) is 0 Å². The topological polar surface area (TPSA) is 73.4 Å². The molecule has 2 N–H and O–H groups in total. The highest BCUT2D eigenvalue weighted by atomic mass is 79.9. The van der Waals surface area contributed by atoms with Crippen LogP contribution in [-0.2, 0) is 4.79 Å². The number of hydrogen-bond donors (Lipinski definition) is 2. The highest BCUT2D eigenvalue weighted by molar-refractivity contribution is 9.10. The number of carbonyl (C=O) groups excluding carboxylic acids is 1. The Balaban J connectivity index is 1.74. The summed E-state index contributed by atoms with van der Waals surface area (Å²) in [6.07, 6.45) is 1.50. The number of carboxylic acids is 1. The number of hydrogen-bond acceptors (Lipinski definition) is 2. The van der Waals surface area contributed by atoms with E-state index in [1.54, 1.807) is 11.0 Å². The van der Waals surface area contributed by atoms with Gasteiger partial charge in [0.25, 0.3) is 5.91 Å². The third-order valence-corrected chi connectivity index (χ3v) is 4.71. The van der Waals surface area contributed by atoms with E-state index in [-0.39, 0.29) is 24.1 Å². The fourth-order valence-electron chi connectivity index (χ4n) is 3.03. The molecule has 1 aromatic heterocycles. The predicted molar refractivity (Wildman–Crippen MR) is 86.8 cm³/mol. The number of nitrogens with one attached hydrogen (secondary N) is 1. The van der Waals surface area contributed by atoms with E-state index in [0.717, 1.165) is 0 Å². The van der Waals surface area contributed by atoms with Gasteiger partial charge in [0.05, 0.1) is 5.52 Å². The Hall–Kier alpha value is -1.89. The number of amides is 1. The van der Waals surface area contributed by atoms with Gasteiger partial charge < -0.3 is 15.0 Å². The van der Waals surface area contributed by atoms with E-state index in [1.165, 1.54) is 12.1 Å². The molecule has 1 aromatic carbocycles. The minimum atomic E-state index is -0.800. The van der Waals surface area contributed by atoms with Crippen LogP contribution in [0.5, 0.6) is 0 Å². The van der Waals surface area contributed by atoms with Gasteiger partial charge in [0, 0.05) is 29.4 Å². The molecule has 0 saturated carbocycles. The number of aromatic nitrogens is 1. The lowest BCUT2D eigenvalue weighted by molar-refractivity contribution is -0.138. The molecule has 2 heterocycles. The van der Waals surface area contributed by atoms with Crippen molar-refractivity contribution in [3.63, 3.8) is 0 Å². The zero-order valence-corrected chi connectivity index (χ0v) is 13.9. The van der Waals surface area contributed by atoms with Gasteiger partial charge in [-0.3, -0.25) is 9.59 Å². The van der Waals surface area contributed by atoms with Crippen LogP contribution in [0.25, 0.3) is 10.9 Å². The maximum atomic E-state index is 13.9. The number of halogens is 2. The number of rotatable bonds is 3. The van der Waals surface area contributed by atoms with Gasteiger partial charge in [0.2, 0.25) is 0 Å². The molecule has 1 fully saturated rings. The fraction of sp³-hybridized carbons (Fsp3) is 0.375. The molecular weight excluding hydrogens is 367 g/mol. The molecule has 0 radical (unpaired) electrons. The lowest BCUT2D eigenvalue weighted by atomic mass is 9.93. The smallest absolute Gasteiger partial charge is 0.303 e. The Morgan fingerprint density at radius 1 is 1.30 bits per heavy atom. The molecule has 1 amide bonds. The van der Waals surface area contributed by atoms with Gasteiger partial charge >= 0.3 is 5.97 Å². The number of nitrogens with zero attached hydrogens (tertiary/aromatic N) is 1. The van der Waals surface area contributed by atoms with Crippen molar-refractivity contribution in [2.24, 2.45) is 5.92 Å². The van der Waals surface area contributed by atoms with E-state index in [9.17, 15) is 14.0 Å². The molecule has 1 aliphatic rings. The molecule has 2 aromatic rings. The van der Waals surface area contributed by atoms with Gasteiger partial charge in [-0.05, 0) is 37.0 Å². The summed E-state index contributed by atoms with van der Waals surface area (Å²) in [5.41, 5.74) is 0.926. The molecule has 5 nitrogen and oxygen atoms in total. The molecule has 0 spiro atoms. The van der Waals surface area contributed by atoms with Gasteiger partial charge in [-0.15, -0.1) is 0 Å². The number of aliphatic carboxylic acids is 1. The molecule has 122 valence electrons. The number of carboxylic acid groups (broad SMARTS) is 1. The Morgan fingerprint density at radius 2 is 2.00 bits per heavy atom. The summed E-state index contributed by atoms with van der Waals surface area (Å²) >= 11 is 3.23. The molecule has 0 atom stereocenters. The average Bonchev–Trinajstić information content (AvgIpc) is 2.91. The second-order valence-electron chi connectivity index (χ2n) is 5.87. The first-order valence-corrected chi connectivity index (χ1v) is 8.22. The maximum Gasteiger partial charge on any atom is 0.303 e. The molecule has 3 rings (SSSR count). The van der Waals surface area contributed by atoms with E-state index in [0.29, 0.717) is 47.0 Å². The molecule has 23 heavy (non-hydrogen) atoms. The van der Waals surface area contributed by atoms with Crippen LogP contribution in [0.4, 0.5) is 4.39 Å². The van der Waals surface area contributed by atoms with Gasteiger partial charge in [0.15, 0.2) is 0 Å².